The molecule has 0 saturated heterocycles. The van der Waals surface area contributed by atoms with Crippen LogP contribution in [-0.4, -0.2) is 28.0 Å². The van der Waals surface area contributed by atoms with Crippen molar-refractivity contribution in [2.75, 3.05) is 29.5 Å². The van der Waals surface area contributed by atoms with Crippen LogP contribution in [-0.2, 0) is 10.8 Å². The highest BCUT2D eigenvalue weighted by molar-refractivity contribution is 7.87. The van der Waals surface area contributed by atoms with Gasteiger partial charge in [-0.25, -0.2) is 4.98 Å². The van der Waals surface area contributed by atoms with E-state index in [-0.39, 0.29) is 0 Å². The molecule has 0 fully saturated rings. The van der Waals surface area contributed by atoms with Gasteiger partial charge in [0, 0.05) is 35.2 Å². The third-order valence-electron chi connectivity index (χ3n) is 5.21. The molecule has 38 heavy (non-hydrogen) atoms. The minimum Gasteiger partial charge on any atom is -0.368 e. The van der Waals surface area contributed by atoms with Gasteiger partial charge in [0.1, 0.15) is 28.6 Å². The van der Waals surface area contributed by atoms with Gasteiger partial charge in [0.25, 0.3) is 0 Å². The fourth-order valence-corrected chi connectivity index (χ4v) is 4.43. The number of hydrogen-bond donors (Lipinski definition) is 2. The van der Waals surface area contributed by atoms with Crippen LogP contribution in [0.4, 0.5) is 33.0 Å². The molecule has 10 nitrogen and oxygen atoms in total. The Morgan fingerprint density at radius 2 is 1.84 bits per heavy atom. The molecule has 2 aromatic heterocycles. The Hall–Kier alpha value is -4.26. The SMILES string of the molecule is C=CS(=O)CCNc1nc(NCCCC)c(N=Nc2sc(N=Nc3ccccc3)cc2C#N)c(C)c1C#N. The van der Waals surface area contributed by atoms with E-state index >= 15 is 0 Å². The maximum absolute atomic E-state index is 11.7. The van der Waals surface area contributed by atoms with Crippen molar-refractivity contribution in [1.29, 1.82) is 10.5 Å². The predicted molar refractivity (Wildman–Crippen MR) is 153 cm³/mol. The van der Waals surface area contributed by atoms with Crippen molar-refractivity contribution in [3.63, 3.8) is 0 Å². The molecular formula is C26H27N9OS2. The standard InChI is InChI=1S/C26H27N9OS2/c1-4-6-12-29-25-23(18(3)21(17-28)24(31-25)30-13-14-38(36)5-2)34-35-26-19(16-27)15-22(37-26)33-32-20-10-8-7-9-11-20/h5,7-11,15H,2,4,6,12-14H2,1,3H3,(H2,29,30,31). The van der Waals surface area contributed by atoms with Crippen LogP contribution < -0.4 is 10.6 Å². The van der Waals surface area contributed by atoms with Gasteiger partial charge in [0.05, 0.1) is 16.8 Å². The number of pyridine rings is 1. The van der Waals surface area contributed by atoms with Gasteiger partial charge in [-0.15, -0.1) is 20.5 Å². The quantitative estimate of drug-likeness (QED) is 0.167. The first-order chi connectivity index (χ1) is 18.5. The lowest BCUT2D eigenvalue weighted by molar-refractivity contribution is 0.688. The third-order valence-corrected chi connectivity index (χ3v) is 7.09. The minimum atomic E-state index is -1.17. The number of benzene rings is 1. The molecule has 194 valence electrons. The van der Waals surface area contributed by atoms with E-state index in [0.29, 0.717) is 68.5 Å². The molecule has 1 unspecified atom stereocenters. The Labute approximate surface area is 228 Å². The highest BCUT2D eigenvalue weighted by Gasteiger charge is 2.18. The van der Waals surface area contributed by atoms with Crippen molar-refractivity contribution < 1.29 is 4.21 Å². The Bertz CT molecular complexity index is 1430. The summed E-state index contributed by atoms with van der Waals surface area (Å²) in [5.41, 5.74) is 2.31. The molecular weight excluding hydrogens is 518 g/mol. The van der Waals surface area contributed by atoms with E-state index in [2.05, 4.69) is 61.7 Å². The van der Waals surface area contributed by atoms with Gasteiger partial charge >= 0.3 is 0 Å². The molecule has 0 radical (unpaired) electrons. The highest BCUT2D eigenvalue weighted by Crippen LogP contribution is 2.40. The normalized spacial score (nSPS) is 11.8. The molecule has 3 rings (SSSR count). The van der Waals surface area contributed by atoms with Crippen molar-refractivity contribution >= 4 is 55.1 Å². The maximum Gasteiger partial charge on any atom is 0.158 e. The summed E-state index contributed by atoms with van der Waals surface area (Å²) in [6.45, 7) is 8.39. The zero-order valence-electron chi connectivity index (χ0n) is 21.1. The molecule has 3 aromatic rings. The molecule has 2 N–H and O–H groups in total. The summed E-state index contributed by atoms with van der Waals surface area (Å²) in [5, 5.41) is 45.3. The molecule has 0 amide bonds. The summed E-state index contributed by atoms with van der Waals surface area (Å²) in [4.78, 5) is 4.60. The van der Waals surface area contributed by atoms with E-state index in [0.717, 1.165) is 12.8 Å². The van der Waals surface area contributed by atoms with Crippen LogP contribution in [0, 0.1) is 29.6 Å². The first-order valence-electron chi connectivity index (χ1n) is 11.8. The first-order valence-corrected chi connectivity index (χ1v) is 14.0. The summed E-state index contributed by atoms with van der Waals surface area (Å²) in [5.74, 6) is 1.18. The van der Waals surface area contributed by atoms with Crippen molar-refractivity contribution in [2.45, 2.75) is 26.7 Å². The van der Waals surface area contributed by atoms with Crippen molar-refractivity contribution in [3.8, 4) is 12.1 Å². The van der Waals surface area contributed by atoms with Crippen molar-refractivity contribution in [2.24, 2.45) is 20.5 Å². The molecule has 0 aliphatic heterocycles. The van der Waals surface area contributed by atoms with Gasteiger partial charge in [-0.1, -0.05) is 49.5 Å². The fraction of sp³-hybridized carbons (Fsp3) is 0.269. The van der Waals surface area contributed by atoms with Gasteiger partial charge < -0.3 is 10.6 Å². The average Bonchev–Trinajstić information content (AvgIpc) is 3.34. The number of rotatable bonds is 13. The number of nitrogens with one attached hydrogen (secondary N) is 2. The molecule has 1 aromatic carbocycles. The van der Waals surface area contributed by atoms with E-state index in [4.69, 9.17) is 0 Å². The van der Waals surface area contributed by atoms with E-state index in [1.807, 2.05) is 30.3 Å². The van der Waals surface area contributed by atoms with Crippen LogP contribution in [0.3, 0.4) is 0 Å². The second-order valence-corrected chi connectivity index (χ2v) is 10.4. The second kappa shape index (κ2) is 14.5. The van der Waals surface area contributed by atoms with Crippen molar-refractivity contribution in [3.05, 3.63) is 65.1 Å². The van der Waals surface area contributed by atoms with E-state index in [1.165, 1.54) is 16.7 Å². The number of anilines is 2. The molecule has 0 bridgehead atoms. The lowest BCUT2D eigenvalue weighted by Gasteiger charge is -2.15. The molecule has 0 aliphatic rings. The second-order valence-electron chi connectivity index (χ2n) is 7.88. The summed E-state index contributed by atoms with van der Waals surface area (Å²) >= 11 is 1.19. The van der Waals surface area contributed by atoms with Crippen LogP contribution in [0.1, 0.15) is 36.5 Å². The zero-order valence-corrected chi connectivity index (χ0v) is 22.8. The van der Waals surface area contributed by atoms with Gasteiger partial charge in [-0.3, -0.25) is 4.21 Å². The number of aromatic nitrogens is 1. The molecule has 1 atom stereocenters. The number of thiophene rings is 1. The van der Waals surface area contributed by atoms with E-state index < -0.39 is 10.8 Å². The fourth-order valence-electron chi connectivity index (χ4n) is 3.21. The molecule has 2 heterocycles. The predicted octanol–water partition coefficient (Wildman–Crippen LogP) is 7.54. The number of nitriles is 2. The Balaban J connectivity index is 1.95. The number of azo groups is 2. The summed E-state index contributed by atoms with van der Waals surface area (Å²) in [6.07, 6.45) is 1.90. The average molecular weight is 546 g/mol. The van der Waals surface area contributed by atoms with Crippen LogP contribution in [0.5, 0.6) is 0 Å². The van der Waals surface area contributed by atoms with Crippen LogP contribution >= 0.6 is 11.3 Å². The molecule has 0 spiro atoms. The Morgan fingerprint density at radius 1 is 1.08 bits per heavy atom. The van der Waals surface area contributed by atoms with Gasteiger partial charge in [0.2, 0.25) is 0 Å². The zero-order chi connectivity index (χ0) is 27.3. The van der Waals surface area contributed by atoms with Crippen molar-refractivity contribution in [1.82, 2.24) is 4.98 Å². The largest absolute Gasteiger partial charge is 0.368 e. The topological polar surface area (TPSA) is 151 Å². The van der Waals surface area contributed by atoms with Crippen LogP contribution in [0.25, 0.3) is 0 Å². The Morgan fingerprint density at radius 3 is 2.53 bits per heavy atom. The van der Waals surface area contributed by atoms with E-state index in [9.17, 15) is 14.7 Å². The number of nitrogens with zero attached hydrogens (tertiary/aromatic N) is 7. The van der Waals surface area contributed by atoms with E-state index in [1.54, 1.807) is 13.0 Å². The lowest BCUT2D eigenvalue weighted by Crippen LogP contribution is -2.14. The summed E-state index contributed by atoms with van der Waals surface area (Å²) in [7, 11) is -1.17. The van der Waals surface area contributed by atoms with Gasteiger partial charge in [0.15, 0.2) is 10.8 Å². The maximum atomic E-state index is 11.7. The molecule has 0 aliphatic carbocycles. The summed E-state index contributed by atoms with van der Waals surface area (Å²) in [6, 6.07) is 15.2. The van der Waals surface area contributed by atoms with Gasteiger partial charge in [-0.05, 0) is 37.0 Å². The number of hydrogen-bond acceptors (Lipinski definition) is 11. The molecule has 0 saturated carbocycles. The smallest absolute Gasteiger partial charge is 0.158 e. The van der Waals surface area contributed by atoms with Crippen LogP contribution in [0.15, 0.2) is 68.8 Å². The summed E-state index contributed by atoms with van der Waals surface area (Å²) < 4.78 is 11.7. The lowest BCUT2D eigenvalue weighted by atomic mass is 10.1. The first kappa shape index (κ1) is 28.3. The Kier molecular flexibility index (Phi) is 10.8. The van der Waals surface area contributed by atoms with Gasteiger partial charge in [-0.2, -0.15) is 10.5 Å². The van der Waals surface area contributed by atoms with Crippen LogP contribution in [0.2, 0.25) is 0 Å². The number of unbranched alkanes of at least 4 members (excludes halogenated alkanes) is 1. The monoisotopic (exact) mass is 545 g/mol. The third kappa shape index (κ3) is 7.62. The minimum absolute atomic E-state index is 0.313. The highest BCUT2D eigenvalue weighted by atomic mass is 32.2. The molecule has 12 heteroatoms.